The zero-order valence-electron chi connectivity index (χ0n) is 13.0. The Bertz CT molecular complexity index is 670. The number of rotatable bonds is 5. The third-order valence-corrected chi connectivity index (χ3v) is 3.90. The van der Waals surface area contributed by atoms with Crippen molar-refractivity contribution in [3.05, 3.63) is 70.2 Å². The second kappa shape index (κ2) is 7.92. The number of benzene rings is 2. The summed E-state index contributed by atoms with van der Waals surface area (Å²) in [4.78, 5) is 24.2. The maximum atomic E-state index is 12.1. The van der Waals surface area contributed by atoms with Gasteiger partial charge in [-0.3, -0.25) is 4.79 Å². The molecule has 0 saturated heterocycles. The van der Waals surface area contributed by atoms with Gasteiger partial charge in [-0.1, -0.05) is 46.3 Å². The second-order valence-corrected chi connectivity index (χ2v) is 6.11. The van der Waals surface area contributed by atoms with Crippen LogP contribution in [-0.4, -0.2) is 17.9 Å². The van der Waals surface area contributed by atoms with E-state index in [0.29, 0.717) is 5.56 Å². The highest BCUT2D eigenvalue weighted by Crippen LogP contribution is 2.17. The van der Waals surface area contributed by atoms with E-state index in [4.69, 9.17) is 4.74 Å². The van der Waals surface area contributed by atoms with E-state index in [1.54, 1.807) is 38.1 Å². The molecule has 2 atom stereocenters. The lowest BCUT2D eigenvalue weighted by molar-refractivity contribution is -0.150. The van der Waals surface area contributed by atoms with Crippen molar-refractivity contribution < 1.29 is 14.3 Å². The molecular weight excluding hydrogens is 358 g/mol. The molecule has 0 aromatic heterocycles. The molecule has 0 aliphatic rings. The number of esters is 1. The Morgan fingerprint density at radius 2 is 1.61 bits per heavy atom. The molecule has 0 heterocycles. The van der Waals surface area contributed by atoms with Gasteiger partial charge < -0.3 is 10.1 Å². The van der Waals surface area contributed by atoms with Crippen LogP contribution in [0.25, 0.3) is 0 Å². The topological polar surface area (TPSA) is 55.4 Å². The van der Waals surface area contributed by atoms with E-state index in [9.17, 15) is 9.59 Å². The minimum Gasteiger partial charge on any atom is -0.456 e. The number of carbonyl (C=O) groups excluding carboxylic acids is 2. The van der Waals surface area contributed by atoms with Crippen LogP contribution < -0.4 is 5.32 Å². The van der Waals surface area contributed by atoms with Crippen LogP contribution in [0.3, 0.4) is 0 Å². The van der Waals surface area contributed by atoms with Gasteiger partial charge >= 0.3 is 5.97 Å². The maximum absolute atomic E-state index is 12.1. The Labute approximate surface area is 144 Å². The normalized spacial score (nSPS) is 13.0. The molecule has 0 saturated carbocycles. The third kappa shape index (κ3) is 4.93. The van der Waals surface area contributed by atoms with Gasteiger partial charge in [-0.2, -0.15) is 0 Å². The standard InChI is InChI=1S/C18H18BrNO3/c1-12(20-17(21)15-8-10-16(19)11-9-15)18(22)23-13(2)14-6-4-3-5-7-14/h3-13H,1-2H3,(H,20,21)/t12-,13-/m0/s1. The first kappa shape index (κ1) is 17.2. The van der Waals surface area contributed by atoms with Gasteiger partial charge in [-0.25, -0.2) is 4.79 Å². The van der Waals surface area contributed by atoms with Crippen molar-refractivity contribution in [1.29, 1.82) is 0 Å². The quantitative estimate of drug-likeness (QED) is 0.806. The fourth-order valence-electron chi connectivity index (χ4n) is 2.01. The summed E-state index contributed by atoms with van der Waals surface area (Å²) in [5.41, 5.74) is 1.40. The van der Waals surface area contributed by atoms with Crippen molar-refractivity contribution in [2.45, 2.75) is 26.0 Å². The number of halogens is 1. The van der Waals surface area contributed by atoms with Gasteiger partial charge in [0.1, 0.15) is 12.1 Å². The molecule has 2 aromatic carbocycles. The monoisotopic (exact) mass is 375 g/mol. The fraction of sp³-hybridized carbons (Fsp3) is 0.222. The Balaban J connectivity index is 1.92. The molecule has 0 radical (unpaired) electrons. The average molecular weight is 376 g/mol. The predicted octanol–water partition coefficient (Wildman–Crippen LogP) is 3.87. The molecule has 120 valence electrons. The summed E-state index contributed by atoms with van der Waals surface area (Å²) >= 11 is 3.31. The van der Waals surface area contributed by atoms with Gasteiger partial charge in [0.15, 0.2) is 0 Å². The molecule has 0 aliphatic carbocycles. The lowest BCUT2D eigenvalue weighted by Gasteiger charge is -2.18. The van der Waals surface area contributed by atoms with Crippen LogP contribution in [0.15, 0.2) is 59.1 Å². The molecule has 1 amide bonds. The second-order valence-electron chi connectivity index (χ2n) is 5.19. The van der Waals surface area contributed by atoms with E-state index in [0.717, 1.165) is 10.0 Å². The molecule has 0 bridgehead atoms. The van der Waals surface area contributed by atoms with Crippen LogP contribution in [0.1, 0.15) is 35.9 Å². The van der Waals surface area contributed by atoms with E-state index in [-0.39, 0.29) is 12.0 Å². The molecule has 1 N–H and O–H groups in total. The lowest BCUT2D eigenvalue weighted by atomic mass is 10.1. The van der Waals surface area contributed by atoms with E-state index in [1.165, 1.54) is 0 Å². The first-order valence-corrected chi connectivity index (χ1v) is 8.08. The Morgan fingerprint density at radius 1 is 1.00 bits per heavy atom. The number of hydrogen-bond acceptors (Lipinski definition) is 3. The zero-order valence-corrected chi connectivity index (χ0v) is 14.5. The highest BCUT2D eigenvalue weighted by Gasteiger charge is 2.20. The van der Waals surface area contributed by atoms with Gasteiger partial charge in [0.2, 0.25) is 0 Å². The Kier molecular flexibility index (Phi) is 5.93. The highest BCUT2D eigenvalue weighted by molar-refractivity contribution is 9.10. The SMILES string of the molecule is C[C@H](NC(=O)c1ccc(Br)cc1)C(=O)O[C@@H](C)c1ccccc1. The molecule has 0 fully saturated rings. The van der Waals surface area contributed by atoms with Crippen LogP contribution in [0.5, 0.6) is 0 Å². The molecule has 4 nitrogen and oxygen atoms in total. The van der Waals surface area contributed by atoms with Gasteiger partial charge in [-0.05, 0) is 43.7 Å². The highest BCUT2D eigenvalue weighted by atomic mass is 79.9. The average Bonchev–Trinajstić information content (AvgIpc) is 2.56. The summed E-state index contributed by atoms with van der Waals surface area (Å²) in [6.45, 7) is 3.41. The van der Waals surface area contributed by atoms with Crippen LogP contribution in [0, 0.1) is 0 Å². The van der Waals surface area contributed by atoms with Gasteiger partial charge in [0.25, 0.3) is 5.91 Å². The molecule has 23 heavy (non-hydrogen) atoms. The molecular formula is C18H18BrNO3. The van der Waals surface area contributed by atoms with Crippen LogP contribution in [0.4, 0.5) is 0 Å². The third-order valence-electron chi connectivity index (χ3n) is 3.37. The van der Waals surface area contributed by atoms with Gasteiger partial charge in [0, 0.05) is 10.0 Å². The van der Waals surface area contributed by atoms with E-state index in [1.807, 2.05) is 30.3 Å². The Hall–Kier alpha value is -2.14. The van der Waals surface area contributed by atoms with Crippen molar-refractivity contribution in [2.24, 2.45) is 0 Å². The number of amides is 1. The summed E-state index contributed by atoms with van der Waals surface area (Å²) in [5.74, 6) is -0.777. The summed E-state index contributed by atoms with van der Waals surface area (Å²) in [5, 5.41) is 2.64. The summed E-state index contributed by atoms with van der Waals surface area (Å²) in [7, 11) is 0. The zero-order chi connectivity index (χ0) is 16.8. The van der Waals surface area contributed by atoms with E-state index >= 15 is 0 Å². The first-order valence-electron chi connectivity index (χ1n) is 7.29. The molecule has 5 heteroatoms. The summed E-state index contributed by atoms with van der Waals surface area (Å²) in [6.07, 6.45) is -0.365. The van der Waals surface area contributed by atoms with Crippen molar-refractivity contribution in [3.63, 3.8) is 0 Å². The summed E-state index contributed by atoms with van der Waals surface area (Å²) < 4.78 is 6.28. The fourth-order valence-corrected chi connectivity index (χ4v) is 2.27. The maximum Gasteiger partial charge on any atom is 0.328 e. The molecule has 2 aromatic rings. The number of hydrogen-bond donors (Lipinski definition) is 1. The number of nitrogens with one attached hydrogen (secondary N) is 1. The number of ether oxygens (including phenoxy) is 1. The van der Waals surface area contributed by atoms with Crippen molar-refractivity contribution in [1.82, 2.24) is 5.32 Å². The van der Waals surface area contributed by atoms with Gasteiger partial charge in [-0.15, -0.1) is 0 Å². The summed E-state index contributed by atoms with van der Waals surface area (Å²) in [6, 6.07) is 15.7. The minimum absolute atomic E-state index is 0.311. The van der Waals surface area contributed by atoms with Crippen LogP contribution in [0.2, 0.25) is 0 Å². The first-order chi connectivity index (χ1) is 11.0. The van der Waals surface area contributed by atoms with E-state index < -0.39 is 12.0 Å². The predicted molar refractivity (Wildman–Crippen MR) is 92.0 cm³/mol. The van der Waals surface area contributed by atoms with Crippen molar-refractivity contribution >= 4 is 27.8 Å². The lowest BCUT2D eigenvalue weighted by Crippen LogP contribution is -2.39. The molecule has 0 aliphatic heterocycles. The molecule has 0 spiro atoms. The van der Waals surface area contributed by atoms with E-state index in [2.05, 4.69) is 21.2 Å². The Morgan fingerprint density at radius 3 is 2.22 bits per heavy atom. The van der Waals surface area contributed by atoms with Crippen LogP contribution >= 0.6 is 15.9 Å². The minimum atomic E-state index is -0.725. The number of carbonyl (C=O) groups is 2. The molecule has 0 unspecified atom stereocenters. The van der Waals surface area contributed by atoms with Crippen LogP contribution in [-0.2, 0) is 9.53 Å². The molecule has 2 rings (SSSR count). The smallest absolute Gasteiger partial charge is 0.328 e. The van der Waals surface area contributed by atoms with Gasteiger partial charge in [0.05, 0.1) is 0 Å². The van der Waals surface area contributed by atoms with Crippen molar-refractivity contribution in [2.75, 3.05) is 0 Å². The largest absolute Gasteiger partial charge is 0.456 e. The van der Waals surface area contributed by atoms with Crippen molar-refractivity contribution in [3.8, 4) is 0 Å².